The Hall–Kier alpha value is -2.63. The monoisotopic (exact) mass is 262 g/mol. The number of anilines is 1. The normalized spacial score (nSPS) is 10.2. The van der Waals surface area contributed by atoms with Gasteiger partial charge in [0.25, 0.3) is 0 Å². The van der Waals surface area contributed by atoms with Crippen LogP contribution in [-0.4, -0.2) is 16.1 Å². The molecule has 0 atom stereocenters. The molecule has 1 heterocycles. The van der Waals surface area contributed by atoms with Crippen LogP contribution in [0.1, 0.15) is 15.9 Å². The lowest BCUT2D eigenvalue weighted by atomic mass is 10.2. The van der Waals surface area contributed by atoms with E-state index in [4.69, 9.17) is 15.6 Å². The summed E-state index contributed by atoms with van der Waals surface area (Å²) in [6.07, 6.45) is 1.16. The minimum Gasteiger partial charge on any atom is -0.478 e. The van der Waals surface area contributed by atoms with Crippen molar-refractivity contribution in [1.82, 2.24) is 4.98 Å². The number of carboxylic acids is 1. The highest BCUT2D eigenvalue weighted by Crippen LogP contribution is 2.25. The van der Waals surface area contributed by atoms with Crippen LogP contribution in [0.3, 0.4) is 0 Å². The zero-order valence-electron chi connectivity index (χ0n) is 10.1. The molecule has 0 aliphatic rings. The lowest BCUT2D eigenvalue weighted by Crippen LogP contribution is -2.04. The van der Waals surface area contributed by atoms with Crippen LogP contribution in [0.25, 0.3) is 0 Å². The Kier molecular flexibility index (Phi) is 3.33. The van der Waals surface area contributed by atoms with E-state index < -0.39 is 11.8 Å². The lowest BCUT2D eigenvalue weighted by molar-refractivity contribution is 0.0697. The molecule has 0 fully saturated rings. The molecule has 3 N–H and O–H groups in total. The molecule has 6 heteroatoms. The highest BCUT2D eigenvalue weighted by molar-refractivity contribution is 5.93. The van der Waals surface area contributed by atoms with E-state index in [-0.39, 0.29) is 22.9 Å². The maximum atomic E-state index is 13.5. The summed E-state index contributed by atoms with van der Waals surface area (Å²) >= 11 is 0. The molecule has 1 aromatic carbocycles. The molecule has 98 valence electrons. The van der Waals surface area contributed by atoms with Gasteiger partial charge < -0.3 is 15.6 Å². The molecule has 2 aromatic rings. The average Bonchev–Trinajstić information content (AvgIpc) is 2.36. The van der Waals surface area contributed by atoms with Gasteiger partial charge >= 0.3 is 5.97 Å². The molecule has 5 nitrogen and oxygen atoms in total. The number of benzene rings is 1. The van der Waals surface area contributed by atoms with Crippen molar-refractivity contribution >= 4 is 11.7 Å². The number of aryl methyl sites for hydroxylation is 1. The summed E-state index contributed by atoms with van der Waals surface area (Å²) in [5.41, 5.74) is 6.15. The SMILES string of the molecule is Cc1ccc(F)c(Oc2cc(C(=O)O)c(N)cn2)c1. The summed E-state index contributed by atoms with van der Waals surface area (Å²) in [5, 5.41) is 8.92. The topological polar surface area (TPSA) is 85.4 Å². The molecule has 0 saturated carbocycles. The van der Waals surface area contributed by atoms with Crippen molar-refractivity contribution in [1.29, 1.82) is 0 Å². The smallest absolute Gasteiger partial charge is 0.338 e. The van der Waals surface area contributed by atoms with E-state index in [9.17, 15) is 9.18 Å². The van der Waals surface area contributed by atoms with Gasteiger partial charge in [0.2, 0.25) is 5.88 Å². The Balaban J connectivity index is 2.36. The fraction of sp³-hybridized carbons (Fsp3) is 0.0769. The van der Waals surface area contributed by atoms with Crippen LogP contribution >= 0.6 is 0 Å². The summed E-state index contributed by atoms with van der Waals surface area (Å²) in [5.74, 6) is -1.81. The number of carbonyl (C=O) groups is 1. The summed E-state index contributed by atoms with van der Waals surface area (Å²) in [7, 11) is 0. The number of hydrogen-bond donors (Lipinski definition) is 2. The second kappa shape index (κ2) is 4.93. The first-order valence-corrected chi connectivity index (χ1v) is 5.40. The van der Waals surface area contributed by atoms with E-state index >= 15 is 0 Å². The molecule has 2 rings (SSSR count). The van der Waals surface area contributed by atoms with Gasteiger partial charge in [-0.2, -0.15) is 0 Å². The molecule has 0 aliphatic carbocycles. The number of carboxylic acid groups (broad SMARTS) is 1. The fourth-order valence-corrected chi connectivity index (χ4v) is 1.49. The van der Waals surface area contributed by atoms with Crippen molar-refractivity contribution in [2.24, 2.45) is 0 Å². The zero-order valence-corrected chi connectivity index (χ0v) is 10.1. The van der Waals surface area contributed by atoms with Crippen molar-refractivity contribution in [2.45, 2.75) is 6.92 Å². The highest BCUT2D eigenvalue weighted by atomic mass is 19.1. The first-order chi connectivity index (χ1) is 8.97. The van der Waals surface area contributed by atoms with Crippen LogP contribution in [0.15, 0.2) is 30.5 Å². The molecule has 0 unspecified atom stereocenters. The van der Waals surface area contributed by atoms with Crippen molar-refractivity contribution in [3.63, 3.8) is 0 Å². The summed E-state index contributed by atoms with van der Waals surface area (Å²) in [6.45, 7) is 1.78. The van der Waals surface area contributed by atoms with E-state index in [0.717, 1.165) is 17.8 Å². The van der Waals surface area contributed by atoms with Crippen molar-refractivity contribution in [3.8, 4) is 11.6 Å². The van der Waals surface area contributed by atoms with Gasteiger partial charge in [-0.3, -0.25) is 0 Å². The van der Waals surface area contributed by atoms with Gasteiger partial charge in [-0.05, 0) is 24.6 Å². The van der Waals surface area contributed by atoms with Crippen LogP contribution in [0.5, 0.6) is 11.6 Å². The minimum atomic E-state index is -1.20. The van der Waals surface area contributed by atoms with Crippen LogP contribution in [0.2, 0.25) is 0 Å². The number of hydrogen-bond acceptors (Lipinski definition) is 4. The number of aromatic carboxylic acids is 1. The van der Waals surface area contributed by atoms with Crippen molar-refractivity contribution in [3.05, 3.63) is 47.4 Å². The second-order valence-electron chi connectivity index (χ2n) is 3.95. The first kappa shape index (κ1) is 12.8. The molecule has 0 bridgehead atoms. The first-order valence-electron chi connectivity index (χ1n) is 5.40. The number of nitrogens with two attached hydrogens (primary N) is 1. The summed E-state index contributed by atoms with van der Waals surface area (Å²) in [4.78, 5) is 14.7. The van der Waals surface area contributed by atoms with Crippen LogP contribution in [0, 0.1) is 12.7 Å². The Bertz CT molecular complexity index is 644. The molecular formula is C13H11FN2O3. The predicted octanol–water partition coefficient (Wildman–Crippen LogP) is 2.60. The molecule has 1 aromatic heterocycles. The third-order valence-corrected chi connectivity index (χ3v) is 2.44. The number of aromatic nitrogens is 1. The summed E-state index contributed by atoms with van der Waals surface area (Å²) < 4.78 is 18.7. The number of nitrogens with zero attached hydrogens (tertiary/aromatic N) is 1. The Morgan fingerprint density at radius 2 is 2.16 bits per heavy atom. The third-order valence-electron chi connectivity index (χ3n) is 2.44. The van der Waals surface area contributed by atoms with Crippen molar-refractivity contribution < 1.29 is 19.0 Å². The van der Waals surface area contributed by atoms with E-state index in [1.807, 2.05) is 0 Å². The number of ether oxygens (including phenoxy) is 1. The minimum absolute atomic E-state index is 0.0181. The Morgan fingerprint density at radius 1 is 1.42 bits per heavy atom. The number of nitrogen functional groups attached to an aromatic ring is 1. The number of halogens is 1. The standard InChI is InChI=1S/C13H11FN2O3/c1-7-2-3-9(14)11(4-7)19-12-5-8(13(17)18)10(15)6-16-12/h2-6H,15H2,1H3,(H,17,18). The maximum absolute atomic E-state index is 13.5. The van der Waals surface area contributed by atoms with Gasteiger partial charge in [0.15, 0.2) is 11.6 Å². The quantitative estimate of drug-likeness (QED) is 0.888. The molecule has 0 amide bonds. The van der Waals surface area contributed by atoms with Gasteiger partial charge in [-0.1, -0.05) is 6.07 Å². The number of pyridine rings is 1. The van der Waals surface area contributed by atoms with Crippen molar-refractivity contribution in [2.75, 3.05) is 5.73 Å². The Labute approximate surface area is 108 Å². The van der Waals surface area contributed by atoms with Gasteiger partial charge in [0.1, 0.15) is 0 Å². The highest BCUT2D eigenvalue weighted by Gasteiger charge is 2.12. The second-order valence-corrected chi connectivity index (χ2v) is 3.95. The van der Waals surface area contributed by atoms with Gasteiger partial charge in [0.05, 0.1) is 17.4 Å². The van der Waals surface area contributed by atoms with Crippen LogP contribution < -0.4 is 10.5 Å². The maximum Gasteiger partial charge on any atom is 0.338 e. The van der Waals surface area contributed by atoms with Gasteiger partial charge in [-0.25, -0.2) is 14.2 Å². The van der Waals surface area contributed by atoms with Gasteiger partial charge in [0, 0.05) is 6.07 Å². The van der Waals surface area contributed by atoms with E-state index in [1.54, 1.807) is 13.0 Å². The largest absolute Gasteiger partial charge is 0.478 e. The van der Waals surface area contributed by atoms with E-state index in [0.29, 0.717) is 0 Å². The molecule has 0 radical (unpaired) electrons. The predicted molar refractivity (Wildman–Crippen MR) is 66.8 cm³/mol. The molecular weight excluding hydrogens is 251 g/mol. The Morgan fingerprint density at radius 3 is 2.84 bits per heavy atom. The van der Waals surface area contributed by atoms with Crippen LogP contribution in [0.4, 0.5) is 10.1 Å². The fourth-order valence-electron chi connectivity index (χ4n) is 1.49. The third kappa shape index (κ3) is 2.79. The van der Waals surface area contributed by atoms with Crippen LogP contribution in [-0.2, 0) is 0 Å². The number of rotatable bonds is 3. The van der Waals surface area contributed by atoms with E-state index in [1.165, 1.54) is 12.1 Å². The summed E-state index contributed by atoms with van der Waals surface area (Å²) in [6, 6.07) is 5.51. The zero-order chi connectivity index (χ0) is 14.0. The molecule has 0 spiro atoms. The molecule has 0 aliphatic heterocycles. The lowest BCUT2D eigenvalue weighted by Gasteiger charge is -2.08. The molecule has 19 heavy (non-hydrogen) atoms. The molecule has 0 saturated heterocycles. The van der Waals surface area contributed by atoms with Gasteiger partial charge in [-0.15, -0.1) is 0 Å². The average molecular weight is 262 g/mol. The van der Waals surface area contributed by atoms with E-state index in [2.05, 4.69) is 4.98 Å².